The first-order valence-electron chi connectivity index (χ1n) is 6.49. The van der Waals surface area contributed by atoms with Crippen molar-refractivity contribution in [3.05, 3.63) is 66.1 Å². The Morgan fingerprint density at radius 3 is 2.65 bits per heavy atom. The Hall–Kier alpha value is -2.62. The average molecular weight is 265 g/mol. The monoisotopic (exact) mass is 265 g/mol. The Morgan fingerprint density at radius 1 is 1.10 bits per heavy atom. The zero-order chi connectivity index (χ0) is 13.9. The van der Waals surface area contributed by atoms with Gasteiger partial charge in [0.05, 0.1) is 6.04 Å². The molecule has 2 N–H and O–H groups in total. The first kappa shape index (κ1) is 12.4. The molecule has 0 spiro atoms. The van der Waals surface area contributed by atoms with Crippen molar-refractivity contribution in [3.63, 3.8) is 0 Å². The maximum Gasteiger partial charge on any atom is 0.319 e. The smallest absolute Gasteiger partial charge is 0.319 e. The number of nitrogens with zero attached hydrogens (tertiary/aromatic N) is 1. The SMILES string of the molecule is CC1=CC(c2cccc(-c3ccncc3)c2)NC(=O)N1. The van der Waals surface area contributed by atoms with Crippen LogP contribution in [0.25, 0.3) is 11.1 Å². The van der Waals surface area contributed by atoms with Gasteiger partial charge in [-0.3, -0.25) is 4.98 Å². The van der Waals surface area contributed by atoms with Gasteiger partial charge in [0.1, 0.15) is 0 Å². The van der Waals surface area contributed by atoms with Crippen molar-refractivity contribution in [1.29, 1.82) is 0 Å². The van der Waals surface area contributed by atoms with Gasteiger partial charge < -0.3 is 10.6 Å². The van der Waals surface area contributed by atoms with Crippen molar-refractivity contribution in [2.24, 2.45) is 0 Å². The zero-order valence-electron chi connectivity index (χ0n) is 11.1. The van der Waals surface area contributed by atoms with E-state index < -0.39 is 0 Å². The molecule has 2 heterocycles. The molecule has 2 aromatic rings. The van der Waals surface area contributed by atoms with E-state index in [-0.39, 0.29) is 12.1 Å². The van der Waals surface area contributed by atoms with Crippen molar-refractivity contribution < 1.29 is 4.79 Å². The lowest BCUT2D eigenvalue weighted by Gasteiger charge is -2.22. The number of hydrogen-bond donors (Lipinski definition) is 2. The molecule has 1 aliphatic heterocycles. The Kier molecular flexibility index (Phi) is 3.21. The summed E-state index contributed by atoms with van der Waals surface area (Å²) in [7, 11) is 0. The van der Waals surface area contributed by atoms with Gasteiger partial charge in [-0.2, -0.15) is 0 Å². The van der Waals surface area contributed by atoms with Crippen LogP contribution in [0.1, 0.15) is 18.5 Å². The number of rotatable bonds is 2. The highest BCUT2D eigenvalue weighted by Crippen LogP contribution is 2.24. The highest BCUT2D eigenvalue weighted by atomic mass is 16.2. The molecule has 0 fully saturated rings. The topological polar surface area (TPSA) is 54.0 Å². The summed E-state index contributed by atoms with van der Waals surface area (Å²) in [5, 5.41) is 5.63. The number of carbonyl (C=O) groups is 1. The number of pyridine rings is 1. The molecule has 4 nitrogen and oxygen atoms in total. The summed E-state index contributed by atoms with van der Waals surface area (Å²) in [4.78, 5) is 15.6. The first-order valence-corrected chi connectivity index (χ1v) is 6.49. The number of allylic oxidation sites excluding steroid dienone is 1. The van der Waals surface area contributed by atoms with E-state index in [2.05, 4.69) is 27.8 Å². The van der Waals surface area contributed by atoms with E-state index in [9.17, 15) is 4.79 Å². The Labute approximate surface area is 117 Å². The minimum absolute atomic E-state index is 0.0921. The molecule has 0 aliphatic carbocycles. The zero-order valence-corrected chi connectivity index (χ0v) is 11.1. The van der Waals surface area contributed by atoms with Crippen LogP contribution in [-0.2, 0) is 0 Å². The maximum atomic E-state index is 11.5. The fourth-order valence-corrected chi connectivity index (χ4v) is 2.33. The van der Waals surface area contributed by atoms with Gasteiger partial charge in [-0.15, -0.1) is 0 Å². The standard InChI is InChI=1S/C16H15N3O/c1-11-9-15(19-16(20)18-11)14-4-2-3-13(10-14)12-5-7-17-8-6-12/h2-10,15H,1H3,(H2,18,19,20). The van der Waals surface area contributed by atoms with E-state index in [1.54, 1.807) is 12.4 Å². The van der Waals surface area contributed by atoms with E-state index in [4.69, 9.17) is 0 Å². The number of hydrogen-bond acceptors (Lipinski definition) is 2. The molecule has 0 saturated heterocycles. The molecule has 20 heavy (non-hydrogen) atoms. The van der Waals surface area contributed by atoms with E-state index in [0.717, 1.165) is 22.4 Å². The number of nitrogens with one attached hydrogen (secondary N) is 2. The van der Waals surface area contributed by atoms with Crippen LogP contribution in [0.2, 0.25) is 0 Å². The molecule has 3 rings (SSSR count). The lowest BCUT2D eigenvalue weighted by atomic mass is 9.99. The molecule has 1 unspecified atom stereocenters. The Morgan fingerprint density at radius 2 is 1.90 bits per heavy atom. The Bertz CT molecular complexity index is 664. The van der Waals surface area contributed by atoms with Gasteiger partial charge in [0.15, 0.2) is 0 Å². The fourth-order valence-electron chi connectivity index (χ4n) is 2.33. The highest BCUT2D eigenvalue weighted by molar-refractivity contribution is 5.78. The van der Waals surface area contributed by atoms with Crippen LogP contribution in [0.5, 0.6) is 0 Å². The van der Waals surface area contributed by atoms with E-state index in [0.29, 0.717) is 0 Å². The maximum absolute atomic E-state index is 11.5. The molecular weight excluding hydrogens is 250 g/mol. The van der Waals surface area contributed by atoms with Crippen LogP contribution in [0.4, 0.5) is 4.79 Å². The van der Waals surface area contributed by atoms with Gasteiger partial charge in [0.2, 0.25) is 0 Å². The van der Waals surface area contributed by atoms with E-state index >= 15 is 0 Å². The van der Waals surface area contributed by atoms with E-state index in [1.165, 1.54) is 0 Å². The predicted octanol–water partition coefficient (Wildman–Crippen LogP) is 3.01. The number of benzene rings is 1. The van der Waals surface area contributed by atoms with E-state index in [1.807, 2.05) is 37.3 Å². The second kappa shape index (κ2) is 5.17. The van der Waals surface area contributed by atoms with Crippen LogP contribution in [0.15, 0.2) is 60.6 Å². The van der Waals surface area contributed by atoms with Gasteiger partial charge in [-0.25, -0.2) is 4.79 Å². The predicted molar refractivity (Wildman–Crippen MR) is 77.8 cm³/mol. The summed E-state index contributed by atoms with van der Waals surface area (Å²) in [5.74, 6) is 0. The normalized spacial score (nSPS) is 17.9. The summed E-state index contributed by atoms with van der Waals surface area (Å²) >= 11 is 0. The molecule has 1 aromatic heterocycles. The summed E-state index contributed by atoms with van der Waals surface area (Å²) in [6, 6.07) is 11.9. The van der Waals surface area contributed by atoms with Crippen LogP contribution in [0.3, 0.4) is 0 Å². The fraction of sp³-hybridized carbons (Fsp3) is 0.125. The van der Waals surface area contributed by atoms with Crippen molar-refractivity contribution in [3.8, 4) is 11.1 Å². The Balaban J connectivity index is 1.96. The average Bonchev–Trinajstić information content (AvgIpc) is 2.47. The van der Waals surface area contributed by atoms with Gasteiger partial charge in [0.25, 0.3) is 0 Å². The summed E-state index contributed by atoms with van der Waals surface area (Å²) in [6.07, 6.45) is 5.56. The quantitative estimate of drug-likeness (QED) is 0.877. The molecule has 100 valence electrons. The number of urea groups is 1. The van der Waals surface area contributed by atoms with Gasteiger partial charge in [-0.05, 0) is 47.9 Å². The number of aromatic nitrogens is 1. The number of carbonyl (C=O) groups excluding carboxylic acids is 1. The molecule has 0 saturated carbocycles. The van der Waals surface area contributed by atoms with Crippen molar-refractivity contribution >= 4 is 6.03 Å². The highest BCUT2D eigenvalue weighted by Gasteiger charge is 2.17. The lowest BCUT2D eigenvalue weighted by molar-refractivity contribution is 0.239. The van der Waals surface area contributed by atoms with Gasteiger partial charge in [0, 0.05) is 18.1 Å². The third kappa shape index (κ3) is 2.54. The molecule has 1 aromatic carbocycles. The van der Waals surface area contributed by atoms with Crippen LogP contribution >= 0.6 is 0 Å². The van der Waals surface area contributed by atoms with Crippen LogP contribution < -0.4 is 10.6 Å². The molecule has 0 bridgehead atoms. The minimum atomic E-state index is -0.163. The van der Waals surface area contributed by atoms with Crippen LogP contribution in [0, 0.1) is 0 Å². The van der Waals surface area contributed by atoms with Crippen LogP contribution in [-0.4, -0.2) is 11.0 Å². The minimum Gasteiger partial charge on any atom is -0.327 e. The van der Waals surface area contributed by atoms with Crippen molar-refractivity contribution in [2.75, 3.05) is 0 Å². The summed E-state index contributed by atoms with van der Waals surface area (Å²) in [5.41, 5.74) is 4.16. The molecule has 2 amide bonds. The van der Waals surface area contributed by atoms with Crippen molar-refractivity contribution in [1.82, 2.24) is 15.6 Å². The largest absolute Gasteiger partial charge is 0.327 e. The molecule has 1 aliphatic rings. The third-order valence-electron chi connectivity index (χ3n) is 3.27. The van der Waals surface area contributed by atoms with Crippen molar-refractivity contribution in [2.45, 2.75) is 13.0 Å². The second-order valence-electron chi connectivity index (χ2n) is 4.79. The molecule has 1 atom stereocenters. The molecule has 0 radical (unpaired) electrons. The van der Waals surface area contributed by atoms with Gasteiger partial charge >= 0.3 is 6.03 Å². The molecule has 4 heteroatoms. The second-order valence-corrected chi connectivity index (χ2v) is 4.79. The first-order chi connectivity index (χ1) is 9.72. The number of amides is 2. The lowest BCUT2D eigenvalue weighted by Crippen LogP contribution is -2.40. The molecular formula is C16H15N3O. The summed E-state index contributed by atoms with van der Waals surface area (Å²) < 4.78 is 0. The third-order valence-corrected chi connectivity index (χ3v) is 3.27. The summed E-state index contributed by atoms with van der Waals surface area (Å²) in [6.45, 7) is 1.89. The van der Waals surface area contributed by atoms with Gasteiger partial charge in [-0.1, -0.05) is 18.2 Å².